The number of aromatic amines is 1. The summed E-state index contributed by atoms with van der Waals surface area (Å²) in [6, 6.07) is 17.9. The third-order valence-electron chi connectivity index (χ3n) is 5.73. The second-order valence-electron chi connectivity index (χ2n) is 7.99. The number of H-pyrrole nitrogens is 1. The van der Waals surface area contributed by atoms with Crippen molar-refractivity contribution >= 4 is 5.91 Å². The highest BCUT2D eigenvalue weighted by atomic mass is 19.1. The molecule has 1 N–H and O–H groups in total. The van der Waals surface area contributed by atoms with Gasteiger partial charge in [-0.2, -0.15) is 10.1 Å². The molecule has 2 aromatic carbocycles. The minimum atomic E-state index is -0.385. The van der Waals surface area contributed by atoms with E-state index in [9.17, 15) is 9.18 Å². The van der Waals surface area contributed by atoms with Crippen molar-refractivity contribution in [3.8, 4) is 22.6 Å². The molecule has 1 saturated heterocycles. The Bertz CT molecular complexity index is 1220. The first kappa shape index (κ1) is 20.1. The van der Waals surface area contributed by atoms with Crippen LogP contribution < -0.4 is 0 Å². The SMILES string of the molecule is O=C(c1cc(-c2ccccc2)n[nH]1)N1CCCC(Cc2nc(-c3ccccc3F)no2)C1. The summed E-state index contributed by atoms with van der Waals surface area (Å²) in [5.41, 5.74) is 2.50. The number of nitrogens with zero attached hydrogens (tertiary/aromatic N) is 4. The highest BCUT2D eigenvalue weighted by Crippen LogP contribution is 2.25. The van der Waals surface area contributed by atoms with Crippen LogP contribution in [0.2, 0.25) is 0 Å². The molecule has 1 fully saturated rings. The van der Waals surface area contributed by atoms with E-state index < -0.39 is 0 Å². The molecule has 0 saturated carbocycles. The van der Waals surface area contributed by atoms with Crippen molar-refractivity contribution in [3.63, 3.8) is 0 Å². The van der Waals surface area contributed by atoms with Crippen LogP contribution in [0.5, 0.6) is 0 Å². The second kappa shape index (κ2) is 8.74. The van der Waals surface area contributed by atoms with Gasteiger partial charge in [0.15, 0.2) is 0 Å². The number of aromatic nitrogens is 4. The topological polar surface area (TPSA) is 87.9 Å². The molecular formula is C24H22FN5O2. The van der Waals surface area contributed by atoms with Crippen LogP contribution in [-0.4, -0.2) is 44.2 Å². The molecule has 1 unspecified atom stereocenters. The Hall–Kier alpha value is -3.81. The molecule has 32 heavy (non-hydrogen) atoms. The first-order valence-corrected chi connectivity index (χ1v) is 10.6. The van der Waals surface area contributed by atoms with E-state index in [0.29, 0.717) is 36.7 Å². The maximum absolute atomic E-state index is 14.0. The van der Waals surface area contributed by atoms with Crippen LogP contribution in [0.15, 0.2) is 65.2 Å². The summed E-state index contributed by atoms with van der Waals surface area (Å²) in [5.74, 6) is 0.437. The number of benzene rings is 2. The summed E-state index contributed by atoms with van der Waals surface area (Å²) in [6.45, 7) is 1.29. The van der Waals surface area contributed by atoms with E-state index in [-0.39, 0.29) is 23.5 Å². The van der Waals surface area contributed by atoms with Gasteiger partial charge in [-0.1, -0.05) is 47.6 Å². The van der Waals surface area contributed by atoms with E-state index >= 15 is 0 Å². The van der Waals surface area contributed by atoms with Gasteiger partial charge in [0, 0.05) is 25.1 Å². The predicted molar refractivity (Wildman–Crippen MR) is 116 cm³/mol. The third-order valence-corrected chi connectivity index (χ3v) is 5.73. The number of piperidine rings is 1. The van der Waals surface area contributed by atoms with Crippen molar-refractivity contribution in [2.45, 2.75) is 19.3 Å². The van der Waals surface area contributed by atoms with Crippen LogP contribution in [0.4, 0.5) is 4.39 Å². The van der Waals surface area contributed by atoms with Crippen LogP contribution in [0.25, 0.3) is 22.6 Å². The Morgan fingerprint density at radius 1 is 1.16 bits per heavy atom. The zero-order valence-corrected chi connectivity index (χ0v) is 17.4. The first-order chi connectivity index (χ1) is 15.7. The van der Waals surface area contributed by atoms with Crippen LogP contribution in [-0.2, 0) is 6.42 Å². The standard InChI is InChI=1S/C24H22FN5O2/c25-19-11-5-4-10-18(19)23-26-22(32-29-23)13-16-7-6-12-30(15-16)24(31)21-14-20(27-28-21)17-8-2-1-3-9-17/h1-5,8-11,14,16H,6-7,12-13,15H2,(H,27,28). The predicted octanol–water partition coefficient (Wildman–Crippen LogP) is 4.36. The molecule has 1 amide bonds. The molecule has 0 bridgehead atoms. The molecule has 1 aliphatic rings. The lowest BCUT2D eigenvalue weighted by Gasteiger charge is -2.31. The molecule has 0 radical (unpaired) electrons. The summed E-state index contributed by atoms with van der Waals surface area (Å²) in [6.07, 6.45) is 2.40. The van der Waals surface area contributed by atoms with E-state index in [1.165, 1.54) is 6.07 Å². The van der Waals surface area contributed by atoms with Crippen molar-refractivity contribution in [2.24, 2.45) is 5.92 Å². The molecule has 162 valence electrons. The van der Waals surface area contributed by atoms with Gasteiger partial charge in [-0.25, -0.2) is 4.39 Å². The van der Waals surface area contributed by atoms with Gasteiger partial charge < -0.3 is 9.42 Å². The Labute approximate surface area is 184 Å². The summed E-state index contributed by atoms with van der Waals surface area (Å²) < 4.78 is 19.3. The molecule has 0 aliphatic carbocycles. The van der Waals surface area contributed by atoms with Crippen LogP contribution in [0.1, 0.15) is 29.2 Å². The average Bonchev–Trinajstić information content (AvgIpc) is 3.50. The Morgan fingerprint density at radius 3 is 2.81 bits per heavy atom. The molecule has 0 spiro atoms. The van der Waals surface area contributed by atoms with Gasteiger partial charge >= 0.3 is 0 Å². The Balaban J connectivity index is 1.25. The molecular weight excluding hydrogens is 409 g/mol. The highest BCUT2D eigenvalue weighted by molar-refractivity contribution is 5.93. The normalized spacial score (nSPS) is 16.3. The lowest BCUT2D eigenvalue weighted by molar-refractivity contribution is 0.0662. The quantitative estimate of drug-likeness (QED) is 0.507. The van der Waals surface area contributed by atoms with Crippen molar-refractivity contribution in [2.75, 3.05) is 13.1 Å². The molecule has 4 aromatic rings. The molecule has 1 atom stereocenters. The molecule has 3 heterocycles. The number of nitrogens with one attached hydrogen (secondary N) is 1. The number of halogens is 1. The van der Waals surface area contributed by atoms with Gasteiger partial charge in [0.1, 0.15) is 11.5 Å². The van der Waals surface area contributed by atoms with Gasteiger partial charge in [0.25, 0.3) is 5.91 Å². The summed E-state index contributed by atoms with van der Waals surface area (Å²) in [5, 5.41) is 11.1. The molecule has 5 rings (SSSR count). The highest BCUT2D eigenvalue weighted by Gasteiger charge is 2.27. The second-order valence-corrected chi connectivity index (χ2v) is 7.99. The zero-order valence-electron chi connectivity index (χ0n) is 17.4. The molecule has 1 aliphatic heterocycles. The van der Waals surface area contributed by atoms with Gasteiger partial charge in [0.2, 0.25) is 11.7 Å². The fourth-order valence-corrected chi connectivity index (χ4v) is 4.11. The molecule has 7 nitrogen and oxygen atoms in total. The van der Waals surface area contributed by atoms with Gasteiger partial charge in [-0.15, -0.1) is 0 Å². The summed E-state index contributed by atoms with van der Waals surface area (Å²) >= 11 is 0. The smallest absolute Gasteiger partial charge is 0.271 e. The largest absolute Gasteiger partial charge is 0.339 e. The van der Waals surface area contributed by atoms with E-state index in [2.05, 4.69) is 20.3 Å². The fraction of sp³-hybridized carbons (Fsp3) is 0.250. The van der Waals surface area contributed by atoms with Gasteiger partial charge in [-0.3, -0.25) is 9.89 Å². The van der Waals surface area contributed by atoms with E-state index in [1.54, 1.807) is 24.3 Å². The van der Waals surface area contributed by atoms with E-state index in [0.717, 1.165) is 24.1 Å². The van der Waals surface area contributed by atoms with Crippen molar-refractivity contribution in [1.82, 2.24) is 25.2 Å². The molecule has 2 aromatic heterocycles. The summed E-state index contributed by atoms with van der Waals surface area (Å²) in [7, 11) is 0. The first-order valence-electron chi connectivity index (χ1n) is 10.6. The van der Waals surface area contributed by atoms with Crippen molar-refractivity contribution in [1.29, 1.82) is 0 Å². The van der Waals surface area contributed by atoms with Crippen LogP contribution in [0.3, 0.4) is 0 Å². The number of carbonyl (C=O) groups is 1. The van der Waals surface area contributed by atoms with E-state index in [4.69, 9.17) is 4.52 Å². The number of likely N-dealkylation sites (tertiary alicyclic amines) is 1. The number of hydrogen-bond donors (Lipinski definition) is 1. The van der Waals surface area contributed by atoms with Gasteiger partial charge in [-0.05, 0) is 37.0 Å². The average molecular weight is 431 g/mol. The lowest BCUT2D eigenvalue weighted by atomic mass is 9.94. The van der Waals surface area contributed by atoms with Gasteiger partial charge in [0.05, 0.1) is 11.3 Å². The fourth-order valence-electron chi connectivity index (χ4n) is 4.11. The molecule has 8 heteroatoms. The maximum Gasteiger partial charge on any atom is 0.271 e. The Kier molecular flexibility index (Phi) is 5.49. The number of carbonyl (C=O) groups excluding carboxylic acids is 1. The minimum Gasteiger partial charge on any atom is -0.339 e. The number of amides is 1. The maximum atomic E-state index is 14.0. The summed E-state index contributed by atoms with van der Waals surface area (Å²) in [4.78, 5) is 19.2. The zero-order chi connectivity index (χ0) is 21.9. The monoisotopic (exact) mass is 431 g/mol. The van der Waals surface area contributed by atoms with Crippen LogP contribution in [0, 0.1) is 11.7 Å². The van der Waals surface area contributed by atoms with E-state index in [1.807, 2.05) is 35.2 Å². The minimum absolute atomic E-state index is 0.0676. The number of rotatable bonds is 5. The van der Waals surface area contributed by atoms with Crippen molar-refractivity contribution < 1.29 is 13.7 Å². The lowest BCUT2D eigenvalue weighted by Crippen LogP contribution is -2.40. The van der Waals surface area contributed by atoms with Crippen molar-refractivity contribution in [3.05, 3.63) is 78.1 Å². The van der Waals surface area contributed by atoms with Crippen LogP contribution >= 0.6 is 0 Å². The third kappa shape index (κ3) is 4.16. The number of hydrogen-bond acceptors (Lipinski definition) is 5. The Morgan fingerprint density at radius 2 is 1.97 bits per heavy atom.